The zero-order chi connectivity index (χ0) is 15.6. The zero-order valence-corrected chi connectivity index (χ0v) is 12.4. The van der Waals surface area contributed by atoms with Crippen LogP contribution in [0.1, 0.15) is 24.6 Å². The number of hydrogen-bond acceptors (Lipinski definition) is 4. The van der Waals surface area contributed by atoms with E-state index in [1.54, 1.807) is 24.2 Å². The van der Waals surface area contributed by atoms with E-state index in [1.165, 1.54) is 10.5 Å². The maximum atomic E-state index is 12.1. The molecular formula is C15H19N3O3. The molecule has 0 radical (unpaired) electrons. The minimum Gasteiger partial charge on any atom is -0.480 e. The van der Waals surface area contributed by atoms with Gasteiger partial charge in [-0.05, 0) is 32.0 Å². The van der Waals surface area contributed by atoms with Crippen LogP contribution in [0.3, 0.4) is 0 Å². The minimum absolute atomic E-state index is 0.157. The number of aromatic nitrogens is 2. The van der Waals surface area contributed by atoms with E-state index in [4.69, 9.17) is 5.11 Å². The first kappa shape index (κ1) is 15.2. The van der Waals surface area contributed by atoms with Gasteiger partial charge in [0.1, 0.15) is 11.7 Å². The third-order valence-corrected chi connectivity index (χ3v) is 3.48. The van der Waals surface area contributed by atoms with Crippen LogP contribution in [-0.2, 0) is 11.3 Å². The number of carboxylic acid groups (broad SMARTS) is 1. The summed E-state index contributed by atoms with van der Waals surface area (Å²) in [4.78, 5) is 29.4. The van der Waals surface area contributed by atoms with Crippen LogP contribution in [0.15, 0.2) is 29.2 Å². The number of aryl methyl sites for hydroxylation is 1. The Morgan fingerprint density at radius 1 is 1.48 bits per heavy atom. The van der Waals surface area contributed by atoms with Crippen LogP contribution in [0.2, 0.25) is 0 Å². The monoisotopic (exact) mass is 289 g/mol. The van der Waals surface area contributed by atoms with Crippen molar-refractivity contribution in [2.45, 2.75) is 32.9 Å². The number of carboxylic acids is 1. The predicted molar refractivity (Wildman–Crippen MR) is 79.4 cm³/mol. The Hall–Kier alpha value is -2.21. The average molecular weight is 289 g/mol. The molecule has 0 aliphatic carbocycles. The van der Waals surface area contributed by atoms with Crippen molar-refractivity contribution in [1.29, 1.82) is 0 Å². The molecule has 0 saturated carbocycles. The number of hydrogen-bond donors (Lipinski definition) is 1. The van der Waals surface area contributed by atoms with Crippen molar-refractivity contribution in [2.24, 2.45) is 0 Å². The first-order valence-electron chi connectivity index (χ1n) is 6.84. The Bertz CT molecular complexity index is 724. The number of nitrogens with zero attached hydrogens (tertiary/aromatic N) is 3. The van der Waals surface area contributed by atoms with E-state index >= 15 is 0 Å². The molecular weight excluding hydrogens is 270 g/mol. The standard InChI is InChI=1S/C15H19N3O3/c1-4-12(15(20)21)17(3)9-11-7-14(19)18-8-10(2)5-6-13(18)16-11/h5-8,12H,4,9H2,1-3H3,(H,20,21). The molecule has 0 spiro atoms. The highest BCUT2D eigenvalue weighted by Crippen LogP contribution is 2.08. The lowest BCUT2D eigenvalue weighted by atomic mass is 10.2. The van der Waals surface area contributed by atoms with Crippen LogP contribution in [0, 0.1) is 6.92 Å². The van der Waals surface area contributed by atoms with E-state index in [9.17, 15) is 9.59 Å². The molecule has 2 heterocycles. The third-order valence-electron chi connectivity index (χ3n) is 3.48. The highest BCUT2D eigenvalue weighted by Gasteiger charge is 2.21. The van der Waals surface area contributed by atoms with Gasteiger partial charge in [0.25, 0.3) is 5.56 Å². The highest BCUT2D eigenvalue weighted by atomic mass is 16.4. The number of aliphatic carboxylic acids is 1. The van der Waals surface area contributed by atoms with Gasteiger partial charge < -0.3 is 5.11 Å². The summed E-state index contributed by atoms with van der Waals surface area (Å²) in [6, 6.07) is 4.55. The summed E-state index contributed by atoms with van der Waals surface area (Å²) in [6.45, 7) is 4.05. The second kappa shape index (κ2) is 6.05. The highest BCUT2D eigenvalue weighted by molar-refractivity contribution is 5.73. The lowest BCUT2D eigenvalue weighted by molar-refractivity contribution is -0.143. The first-order valence-corrected chi connectivity index (χ1v) is 6.84. The summed E-state index contributed by atoms with van der Waals surface area (Å²) in [6.07, 6.45) is 2.24. The number of likely N-dealkylation sites (N-methyl/N-ethyl adjacent to an activating group) is 1. The Labute approximate surface area is 122 Å². The van der Waals surface area contributed by atoms with Gasteiger partial charge in [0, 0.05) is 18.8 Å². The largest absolute Gasteiger partial charge is 0.480 e. The molecule has 21 heavy (non-hydrogen) atoms. The van der Waals surface area contributed by atoms with E-state index < -0.39 is 12.0 Å². The zero-order valence-electron chi connectivity index (χ0n) is 12.4. The normalized spacial score (nSPS) is 12.8. The molecule has 6 heteroatoms. The van der Waals surface area contributed by atoms with Crippen molar-refractivity contribution >= 4 is 11.6 Å². The summed E-state index contributed by atoms with van der Waals surface area (Å²) < 4.78 is 1.49. The molecule has 0 saturated heterocycles. The van der Waals surface area contributed by atoms with Crippen LogP contribution in [0.4, 0.5) is 0 Å². The lowest BCUT2D eigenvalue weighted by Gasteiger charge is -2.22. The molecule has 0 aliphatic rings. The number of pyridine rings is 1. The molecule has 112 valence electrons. The van der Waals surface area contributed by atoms with E-state index in [1.807, 2.05) is 19.9 Å². The first-order chi connectivity index (χ1) is 9.92. The van der Waals surface area contributed by atoms with Crippen LogP contribution in [0.5, 0.6) is 0 Å². The van der Waals surface area contributed by atoms with Crippen molar-refractivity contribution in [3.05, 3.63) is 46.0 Å². The summed E-state index contributed by atoms with van der Waals surface area (Å²) in [5.41, 5.74) is 1.97. The van der Waals surface area contributed by atoms with Gasteiger partial charge in [0.05, 0.1) is 5.69 Å². The summed E-state index contributed by atoms with van der Waals surface area (Å²) in [5, 5.41) is 9.15. The molecule has 0 fully saturated rings. The Kier molecular flexibility index (Phi) is 4.37. The molecule has 0 aromatic carbocycles. The minimum atomic E-state index is -0.867. The van der Waals surface area contributed by atoms with Gasteiger partial charge in [-0.2, -0.15) is 0 Å². The van der Waals surface area contributed by atoms with Crippen molar-refractivity contribution < 1.29 is 9.90 Å². The molecule has 0 aliphatic heterocycles. The summed E-state index contributed by atoms with van der Waals surface area (Å²) >= 11 is 0. The molecule has 0 amide bonds. The Morgan fingerprint density at radius 3 is 2.81 bits per heavy atom. The van der Waals surface area contributed by atoms with Crippen molar-refractivity contribution in [3.63, 3.8) is 0 Å². The van der Waals surface area contributed by atoms with Gasteiger partial charge in [-0.15, -0.1) is 0 Å². The van der Waals surface area contributed by atoms with Crippen LogP contribution < -0.4 is 5.56 Å². The fourth-order valence-corrected chi connectivity index (χ4v) is 2.38. The Morgan fingerprint density at radius 2 is 2.19 bits per heavy atom. The smallest absolute Gasteiger partial charge is 0.320 e. The number of rotatable bonds is 5. The van der Waals surface area contributed by atoms with Gasteiger partial charge in [-0.25, -0.2) is 4.98 Å². The van der Waals surface area contributed by atoms with Crippen molar-refractivity contribution in [2.75, 3.05) is 7.05 Å². The van der Waals surface area contributed by atoms with Gasteiger partial charge in [-0.3, -0.25) is 18.9 Å². The van der Waals surface area contributed by atoms with Gasteiger partial charge in [0.15, 0.2) is 0 Å². The molecule has 2 aromatic rings. The fourth-order valence-electron chi connectivity index (χ4n) is 2.38. The molecule has 2 rings (SSSR count). The number of carbonyl (C=O) groups is 1. The van der Waals surface area contributed by atoms with Crippen LogP contribution in [-0.4, -0.2) is 38.4 Å². The van der Waals surface area contributed by atoms with E-state index in [0.717, 1.165) is 5.56 Å². The molecule has 1 atom stereocenters. The van der Waals surface area contributed by atoms with E-state index in [2.05, 4.69) is 4.98 Å². The molecule has 1 N–H and O–H groups in total. The van der Waals surface area contributed by atoms with Gasteiger partial charge in [-0.1, -0.05) is 13.0 Å². The molecule has 6 nitrogen and oxygen atoms in total. The molecule has 0 bridgehead atoms. The molecule has 1 unspecified atom stereocenters. The topological polar surface area (TPSA) is 74.9 Å². The summed E-state index contributed by atoms with van der Waals surface area (Å²) in [7, 11) is 1.72. The number of fused-ring (bicyclic) bond motifs is 1. The average Bonchev–Trinajstić information content (AvgIpc) is 2.40. The second-order valence-corrected chi connectivity index (χ2v) is 5.20. The molecule has 2 aromatic heterocycles. The fraction of sp³-hybridized carbons (Fsp3) is 0.400. The maximum Gasteiger partial charge on any atom is 0.320 e. The van der Waals surface area contributed by atoms with E-state index in [-0.39, 0.29) is 5.56 Å². The van der Waals surface area contributed by atoms with Gasteiger partial charge in [0.2, 0.25) is 0 Å². The predicted octanol–water partition coefficient (Wildman–Crippen LogP) is 1.30. The Balaban J connectivity index is 2.33. The SMILES string of the molecule is CCC(C(=O)O)N(C)Cc1cc(=O)n2cc(C)ccc2n1. The lowest BCUT2D eigenvalue weighted by Crippen LogP contribution is -2.37. The van der Waals surface area contributed by atoms with E-state index in [0.29, 0.717) is 24.3 Å². The van der Waals surface area contributed by atoms with Gasteiger partial charge >= 0.3 is 5.97 Å². The van der Waals surface area contributed by atoms with Crippen LogP contribution in [0.25, 0.3) is 5.65 Å². The quantitative estimate of drug-likeness (QED) is 0.898. The summed E-state index contributed by atoms with van der Waals surface area (Å²) in [5.74, 6) is -0.867. The maximum absolute atomic E-state index is 12.1. The second-order valence-electron chi connectivity index (χ2n) is 5.20. The van der Waals surface area contributed by atoms with Crippen molar-refractivity contribution in [1.82, 2.24) is 14.3 Å². The van der Waals surface area contributed by atoms with Crippen molar-refractivity contribution in [3.8, 4) is 0 Å². The third kappa shape index (κ3) is 3.28. The van der Waals surface area contributed by atoms with Crippen LogP contribution >= 0.6 is 0 Å².